The number of amides is 1. The fraction of sp³-hybridized carbons (Fsp3) is 0.458. The Morgan fingerprint density at radius 3 is 2.42 bits per heavy atom. The number of likely N-dealkylation sites (N-methyl/N-ethyl adjacent to an activating group) is 1. The predicted molar refractivity (Wildman–Crippen MR) is 126 cm³/mol. The van der Waals surface area contributed by atoms with E-state index in [4.69, 9.17) is 9.47 Å². The number of aryl methyl sites for hydroxylation is 1. The zero-order valence-electron chi connectivity index (χ0n) is 19.9. The number of hydrogen-bond donors (Lipinski definition) is 2. The highest BCUT2D eigenvalue weighted by Crippen LogP contribution is 2.22. The number of carbonyl (C=O) groups is 3. The summed E-state index contributed by atoms with van der Waals surface area (Å²) < 4.78 is 10.2. The molecule has 0 saturated carbocycles. The SMILES string of the molecule is COC(=O)c1c(C)[nH]c(C(=O)C(C)N(C)CC(=O)Nc2ccc(N3CCOCC3)cc2)c1C. The number of morpholine rings is 1. The van der Waals surface area contributed by atoms with Gasteiger partial charge in [0.15, 0.2) is 5.78 Å². The van der Waals surface area contributed by atoms with Gasteiger partial charge in [0.1, 0.15) is 0 Å². The molecule has 33 heavy (non-hydrogen) atoms. The highest BCUT2D eigenvalue weighted by molar-refractivity contribution is 6.04. The Morgan fingerprint density at radius 1 is 1.18 bits per heavy atom. The molecule has 1 unspecified atom stereocenters. The van der Waals surface area contributed by atoms with Crippen LogP contribution in [-0.2, 0) is 14.3 Å². The van der Waals surface area contributed by atoms with E-state index >= 15 is 0 Å². The molecule has 2 heterocycles. The van der Waals surface area contributed by atoms with E-state index in [9.17, 15) is 14.4 Å². The van der Waals surface area contributed by atoms with Gasteiger partial charge in [0.05, 0.1) is 44.2 Å². The lowest BCUT2D eigenvalue weighted by molar-refractivity contribution is -0.117. The molecule has 0 aliphatic carbocycles. The minimum absolute atomic E-state index is 0.0424. The van der Waals surface area contributed by atoms with Gasteiger partial charge in [-0.3, -0.25) is 14.5 Å². The summed E-state index contributed by atoms with van der Waals surface area (Å²) in [5.41, 5.74) is 3.64. The van der Waals surface area contributed by atoms with Crippen LogP contribution in [0.3, 0.4) is 0 Å². The molecule has 0 radical (unpaired) electrons. The number of benzene rings is 1. The zero-order chi connectivity index (χ0) is 24.1. The molecule has 1 aliphatic heterocycles. The first-order chi connectivity index (χ1) is 15.7. The van der Waals surface area contributed by atoms with Gasteiger partial charge in [0, 0.05) is 30.2 Å². The lowest BCUT2D eigenvalue weighted by Crippen LogP contribution is -2.41. The highest BCUT2D eigenvalue weighted by atomic mass is 16.5. The molecule has 2 N–H and O–H groups in total. The number of rotatable bonds is 8. The number of nitrogens with one attached hydrogen (secondary N) is 2. The maximum Gasteiger partial charge on any atom is 0.339 e. The van der Waals surface area contributed by atoms with Crippen molar-refractivity contribution in [2.75, 3.05) is 57.2 Å². The van der Waals surface area contributed by atoms with Gasteiger partial charge in [-0.1, -0.05) is 0 Å². The van der Waals surface area contributed by atoms with Crippen LogP contribution in [0.5, 0.6) is 0 Å². The van der Waals surface area contributed by atoms with Crippen molar-refractivity contribution in [3.8, 4) is 0 Å². The number of methoxy groups -OCH3 is 1. The van der Waals surface area contributed by atoms with Gasteiger partial charge in [-0.25, -0.2) is 4.79 Å². The number of aromatic amines is 1. The van der Waals surface area contributed by atoms with Gasteiger partial charge in [-0.2, -0.15) is 0 Å². The van der Waals surface area contributed by atoms with E-state index in [2.05, 4.69) is 15.2 Å². The average molecular weight is 457 g/mol. The number of hydrogen-bond acceptors (Lipinski definition) is 7. The molecule has 3 rings (SSSR count). The third-order valence-electron chi connectivity index (χ3n) is 6.03. The van der Waals surface area contributed by atoms with Gasteiger partial charge in [-0.05, 0) is 57.6 Å². The smallest absolute Gasteiger partial charge is 0.339 e. The average Bonchev–Trinajstić information content (AvgIpc) is 3.12. The number of H-pyrrole nitrogens is 1. The summed E-state index contributed by atoms with van der Waals surface area (Å²) in [7, 11) is 3.02. The molecular formula is C24H32N4O5. The van der Waals surface area contributed by atoms with E-state index in [1.54, 1.807) is 32.7 Å². The second-order valence-electron chi connectivity index (χ2n) is 8.27. The summed E-state index contributed by atoms with van der Waals surface area (Å²) in [5, 5.41) is 2.88. The molecular weight excluding hydrogens is 424 g/mol. The highest BCUT2D eigenvalue weighted by Gasteiger charge is 2.28. The molecule has 1 amide bonds. The first-order valence-electron chi connectivity index (χ1n) is 11.0. The van der Waals surface area contributed by atoms with Crippen LogP contribution in [-0.4, -0.2) is 80.6 Å². The third-order valence-corrected chi connectivity index (χ3v) is 6.03. The number of esters is 1. The molecule has 9 nitrogen and oxygen atoms in total. The molecule has 1 aromatic carbocycles. The molecule has 1 aliphatic rings. The molecule has 1 saturated heterocycles. The Hall–Kier alpha value is -3.17. The summed E-state index contributed by atoms with van der Waals surface area (Å²) >= 11 is 0. The second-order valence-corrected chi connectivity index (χ2v) is 8.27. The molecule has 1 fully saturated rings. The number of anilines is 2. The maximum atomic E-state index is 13.0. The van der Waals surface area contributed by atoms with Crippen molar-refractivity contribution >= 4 is 29.0 Å². The summed E-state index contributed by atoms with van der Waals surface area (Å²) in [4.78, 5) is 44.5. The fourth-order valence-electron chi connectivity index (χ4n) is 3.95. The molecule has 2 aromatic rings. The van der Waals surface area contributed by atoms with E-state index in [1.807, 2.05) is 24.3 Å². The second kappa shape index (κ2) is 10.6. The fourth-order valence-corrected chi connectivity index (χ4v) is 3.95. The predicted octanol–water partition coefficient (Wildman–Crippen LogP) is 2.40. The lowest BCUT2D eigenvalue weighted by Gasteiger charge is -2.29. The maximum absolute atomic E-state index is 13.0. The quantitative estimate of drug-likeness (QED) is 0.464. The van der Waals surface area contributed by atoms with Crippen LogP contribution in [0, 0.1) is 13.8 Å². The molecule has 178 valence electrons. The van der Waals surface area contributed by atoms with Crippen molar-refractivity contribution in [2.45, 2.75) is 26.8 Å². The van der Waals surface area contributed by atoms with Crippen LogP contribution in [0.25, 0.3) is 0 Å². The van der Waals surface area contributed by atoms with Crippen molar-refractivity contribution < 1.29 is 23.9 Å². The zero-order valence-corrected chi connectivity index (χ0v) is 19.9. The molecule has 9 heteroatoms. The van der Waals surface area contributed by atoms with Crippen molar-refractivity contribution in [1.82, 2.24) is 9.88 Å². The number of ether oxygens (including phenoxy) is 2. The molecule has 1 aromatic heterocycles. The Labute approximate surface area is 194 Å². The largest absolute Gasteiger partial charge is 0.465 e. The van der Waals surface area contributed by atoms with Crippen LogP contribution in [0.2, 0.25) is 0 Å². The first kappa shape index (κ1) is 24.5. The van der Waals surface area contributed by atoms with Gasteiger partial charge < -0.3 is 24.7 Å². The monoisotopic (exact) mass is 456 g/mol. The minimum Gasteiger partial charge on any atom is -0.465 e. The Bertz CT molecular complexity index is 1010. The summed E-state index contributed by atoms with van der Waals surface area (Å²) in [5.74, 6) is -0.901. The number of aromatic nitrogens is 1. The van der Waals surface area contributed by atoms with Gasteiger partial charge in [-0.15, -0.1) is 0 Å². The van der Waals surface area contributed by atoms with Crippen molar-refractivity contribution in [2.24, 2.45) is 0 Å². The first-order valence-corrected chi connectivity index (χ1v) is 11.0. The Kier molecular flexibility index (Phi) is 7.88. The summed E-state index contributed by atoms with van der Waals surface area (Å²) in [6, 6.07) is 7.13. The Balaban J connectivity index is 1.59. The van der Waals surface area contributed by atoms with Crippen LogP contribution in [0.4, 0.5) is 11.4 Å². The molecule has 0 spiro atoms. The van der Waals surface area contributed by atoms with Crippen molar-refractivity contribution in [3.05, 3.63) is 46.8 Å². The number of ketones is 1. The van der Waals surface area contributed by atoms with Gasteiger partial charge >= 0.3 is 5.97 Å². The van der Waals surface area contributed by atoms with Crippen LogP contribution >= 0.6 is 0 Å². The third kappa shape index (κ3) is 5.61. The van der Waals surface area contributed by atoms with Crippen molar-refractivity contribution in [1.29, 1.82) is 0 Å². The number of carbonyl (C=O) groups excluding carboxylic acids is 3. The van der Waals surface area contributed by atoms with E-state index in [1.165, 1.54) is 7.11 Å². The summed E-state index contributed by atoms with van der Waals surface area (Å²) in [6.45, 7) is 8.35. The van der Waals surface area contributed by atoms with Crippen LogP contribution < -0.4 is 10.2 Å². The van der Waals surface area contributed by atoms with Crippen LogP contribution in [0.15, 0.2) is 24.3 Å². The van der Waals surface area contributed by atoms with Crippen LogP contribution in [0.1, 0.15) is 39.0 Å². The van der Waals surface area contributed by atoms with E-state index in [-0.39, 0.29) is 18.2 Å². The Morgan fingerprint density at radius 2 is 1.82 bits per heavy atom. The normalized spacial score (nSPS) is 14.8. The van der Waals surface area contributed by atoms with Crippen molar-refractivity contribution in [3.63, 3.8) is 0 Å². The van der Waals surface area contributed by atoms with E-state index in [0.29, 0.717) is 41.4 Å². The van der Waals surface area contributed by atoms with E-state index < -0.39 is 12.0 Å². The van der Waals surface area contributed by atoms with Gasteiger partial charge in [0.2, 0.25) is 5.91 Å². The van der Waals surface area contributed by atoms with E-state index in [0.717, 1.165) is 18.8 Å². The topological polar surface area (TPSA) is 104 Å². The molecule has 0 bridgehead atoms. The number of nitrogens with zero attached hydrogens (tertiary/aromatic N) is 2. The summed E-state index contributed by atoms with van der Waals surface area (Å²) in [6.07, 6.45) is 0. The van der Waals surface area contributed by atoms with Gasteiger partial charge in [0.25, 0.3) is 0 Å². The number of Topliss-reactive ketones (excluding diaryl/α,β-unsaturated/α-hetero) is 1. The minimum atomic E-state index is -0.568. The standard InChI is InChI=1S/C24H32N4O5/c1-15-21(24(31)32-5)16(2)25-22(15)23(30)17(3)27(4)14-20(29)26-18-6-8-19(9-7-18)28-10-12-33-13-11-28/h6-9,17,25H,10-14H2,1-5H3,(H,26,29). The molecule has 1 atom stereocenters. The lowest BCUT2D eigenvalue weighted by atomic mass is 10.0.